The van der Waals surface area contributed by atoms with Gasteiger partial charge in [-0.15, -0.1) is 0 Å². The van der Waals surface area contributed by atoms with Crippen LogP contribution in [0.5, 0.6) is 0 Å². The largest absolute Gasteiger partial charge is 0.396 e. The number of aliphatic hydroxyl groups is 1. The summed E-state index contributed by atoms with van der Waals surface area (Å²) in [4.78, 5) is 11.2. The zero-order valence-electron chi connectivity index (χ0n) is 10.9. The highest BCUT2D eigenvalue weighted by atomic mass is 16.3. The molecule has 4 nitrogen and oxygen atoms in total. The van der Waals surface area contributed by atoms with Gasteiger partial charge < -0.3 is 15.7 Å². The molecular weight excluding hydrogens is 228 g/mol. The minimum absolute atomic E-state index is 0.0662. The standard InChI is InChI=1S/C14H20N2O2/c1-14(2,9-17)8-15-7-10-3-4-12-11(5-10)6-13(18)16-12/h3-5,15,17H,6-9H2,1-2H3,(H,16,18). The number of benzene rings is 1. The van der Waals surface area contributed by atoms with Crippen LogP contribution in [0.25, 0.3) is 0 Å². The van der Waals surface area contributed by atoms with Crippen molar-refractivity contribution in [1.29, 1.82) is 0 Å². The van der Waals surface area contributed by atoms with E-state index in [1.807, 2.05) is 26.0 Å². The van der Waals surface area contributed by atoms with Crippen LogP contribution in [0.2, 0.25) is 0 Å². The van der Waals surface area contributed by atoms with Gasteiger partial charge in [-0.25, -0.2) is 0 Å². The van der Waals surface area contributed by atoms with Crippen LogP contribution >= 0.6 is 0 Å². The number of nitrogens with one attached hydrogen (secondary N) is 2. The fraction of sp³-hybridized carbons (Fsp3) is 0.500. The molecular formula is C14H20N2O2. The molecule has 0 atom stereocenters. The summed E-state index contributed by atoms with van der Waals surface area (Å²) < 4.78 is 0. The number of amides is 1. The van der Waals surface area contributed by atoms with E-state index in [1.54, 1.807) is 0 Å². The van der Waals surface area contributed by atoms with Crippen molar-refractivity contribution in [2.24, 2.45) is 5.41 Å². The molecule has 0 radical (unpaired) electrons. The van der Waals surface area contributed by atoms with Crippen LogP contribution in [0.1, 0.15) is 25.0 Å². The Bertz CT molecular complexity index is 455. The van der Waals surface area contributed by atoms with Gasteiger partial charge in [-0.2, -0.15) is 0 Å². The van der Waals surface area contributed by atoms with Crippen molar-refractivity contribution in [2.75, 3.05) is 18.5 Å². The van der Waals surface area contributed by atoms with E-state index in [-0.39, 0.29) is 17.9 Å². The predicted octanol–water partition coefficient (Wildman–Crippen LogP) is 1.29. The average Bonchev–Trinajstić information content (AvgIpc) is 2.68. The van der Waals surface area contributed by atoms with Crippen LogP contribution in [0.4, 0.5) is 5.69 Å². The minimum Gasteiger partial charge on any atom is -0.396 e. The molecule has 1 aromatic carbocycles. The molecule has 1 aromatic rings. The van der Waals surface area contributed by atoms with E-state index in [2.05, 4.69) is 16.7 Å². The minimum atomic E-state index is -0.103. The first-order valence-electron chi connectivity index (χ1n) is 6.23. The third-order valence-electron chi connectivity index (χ3n) is 3.16. The number of carbonyl (C=O) groups excluding carboxylic acids is 1. The van der Waals surface area contributed by atoms with Gasteiger partial charge in [0.25, 0.3) is 0 Å². The van der Waals surface area contributed by atoms with Gasteiger partial charge in [0.05, 0.1) is 6.42 Å². The highest BCUT2D eigenvalue weighted by Gasteiger charge is 2.18. The van der Waals surface area contributed by atoms with Crippen LogP contribution in [-0.2, 0) is 17.8 Å². The number of carbonyl (C=O) groups is 1. The summed E-state index contributed by atoms with van der Waals surface area (Å²) in [6, 6.07) is 6.03. The van der Waals surface area contributed by atoms with Crippen LogP contribution < -0.4 is 10.6 Å². The molecule has 0 bridgehead atoms. The van der Waals surface area contributed by atoms with Gasteiger partial charge in [0.1, 0.15) is 0 Å². The van der Waals surface area contributed by atoms with Crippen molar-refractivity contribution >= 4 is 11.6 Å². The Morgan fingerprint density at radius 1 is 1.44 bits per heavy atom. The third kappa shape index (κ3) is 3.09. The first kappa shape index (κ1) is 13.1. The van der Waals surface area contributed by atoms with Crippen molar-refractivity contribution in [3.05, 3.63) is 29.3 Å². The molecule has 0 saturated heterocycles. The number of fused-ring (bicyclic) bond motifs is 1. The second-order valence-corrected chi connectivity index (χ2v) is 5.64. The van der Waals surface area contributed by atoms with Crippen molar-refractivity contribution in [2.45, 2.75) is 26.8 Å². The number of aliphatic hydroxyl groups excluding tert-OH is 1. The molecule has 0 spiro atoms. The number of anilines is 1. The van der Waals surface area contributed by atoms with E-state index >= 15 is 0 Å². The zero-order valence-corrected chi connectivity index (χ0v) is 10.9. The van der Waals surface area contributed by atoms with Gasteiger partial charge in [0.2, 0.25) is 5.91 Å². The number of hydrogen-bond donors (Lipinski definition) is 3. The highest BCUT2D eigenvalue weighted by Crippen LogP contribution is 2.23. The van der Waals surface area contributed by atoms with E-state index in [4.69, 9.17) is 5.11 Å². The third-order valence-corrected chi connectivity index (χ3v) is 3.16. The van der Waals surface area contributed by atoms with E-state index in [9.17, 15) is 4.79 Å². The Balaban J connectivity index is 1.92. The molecule has 1 aliphatic rings. The summed E-state index contributed by atoms with van der Waals surface area (Å²) >= 11 is 0. The molecule has 1 amide bonds. The summed E-state index contributed by atoms with van der Waals surface area (Å²) in [6.07, 6.45) is 0.477. The lowest BCUT2D eigenvalue weighted by Gasteiger charge is -2.22. The van der Waals surface area contributed by atoms with E-state index < -0.39 is 0 Å². The van der Waals surface area contributed by atoms with E-state index in [0.29, 0.717) is 6.42 Å². The van der Waals surface area contributed by atoms with Gasteiger partial charge in [-0.1, -0.05) is 26.0 Å². The predicted molar refractivity (Wildman–Crippen MR) is 71.3 cm³/mol. The highest BCUT2D eigenvalue weighted by molar-refractivity contribution is 5.99. The molecule has 1 heterocycles. The SMILES string of the molecule is CC(C)(CO)CNCc1ccc2c(c1)CC(=O)N2. The lowest BCUT2D eigenvalue weighted by Crippen LogP contribution is -2.31. The fourth-order valence-corrected chi connectivity index (χ4v) is 1.99. The summed E-state index contributed by atoms with van der Waals surface area (Å²) in [6.45, 7) is 5.72. The molecule has 18 heavy (non-hydrogen) atoms. The Kier molecular flexibility index (Phi) is 3.68. The second-order valence-electron chi connectivity index (χ2n) is 5.64. The maximum Gasteiger partial charge on any atom is 0.228 e. The lowest BCUT2D eigenvalue weighted by molar-refractivity contribution is -0.115. The lowest BCUT2D eigenvalue weighted by atomic mass is 9.95. The summed E-state index contributed by atoms with van der Waals surface area (Å²) in [5.74, 6) is 0.0662. The second kappa shape index (κ2) is 5.08. The molecule has 4 heteroatoms. The Labute approximate surface area is 107 Å². The normalized spacial score (nSPS) is 14.5. The van der Waals surface area contributed by atoms with Gasteiger partial charge >= 0.3 is 0 Å². The molecule has 1 aliphatic heterocycles. The quantitative estimate of drug-likeness (QED) is 0.736. The summed E-state index contributed by atoms with van der Waals surface area (Å²) in [7, 11) is 0. The van der Waals surface area contributed by atoms with Crippen LogP contribution in [0, 0.1) is 5.41 Å². The first-order chi connectivity index (χ1) is 8.50. The van der Waals surface area contributed by atoms with E-state index in [0.717, 1.165) is 24.3 Å². The molecule has 3 N–H and O–H groups in total. The average molecular weight is 248 g/mol. The molecule has 0 aliphatic carbocycles. The van der Waals surface area contributed by atoms with Gasteiger partial charge in [-0.3, -0.25) is 4.79 Å². The van der Waals surface area contributed by atoms with Crippen molar-refractivity contribution in [1.82, 2.24) is 5.32 Å². The summed E-state index contributed by atoms with van der Waals surface area (Å²) in [5.41, 5.74) is 3.06. The summed E-state index contributed by atoms with van der Waals surface area (Å²) in [5, 5.41) is 15.3. The van der Waals surface area contributed by atoms with Gasteiger partial charge in [-0.05, 0) is 17.2 Å². The van der Waals surface area contributed by atoms with Gasteiger partial charge in [0, 0.05) is 30.8 Å². The molecule has 0 saturated carbocycles. The number of rotatable bonds is 5. The monoisotopic (exact) mass is 248 g/mol. The van der Waals surface area contributed by atoms with Crippen molar-refractivity contribution < 1.29 is 9.90 Å². The van der Waals surface area contributed by atoms with E-state index in [1.165, 1.54) is 5.56 Å². The molecule has 0 fully saturated rings. The molecule has 0 aromatic heterocycles. The van der Waals surface area contributed by atoms with Crippen LogP contribution in [-0.4, -0.2) is 24.2 Å². The number of hydrogen-bond acceptors (Lipinski definition) is 3. The molecule has 2 rings (SSSR count). The van der Waals surface area contributed by atoms with Crippen molar-refractivity contribution in [3.8, 4) is 0 Å². The molecule has 98 valence electrons. The maximum absolute atomic E-state index is 11.2. The van der Waals surface area contributed by atoms with Crippen LogP contribution in [0.15, 0.2) is 18.2 Å². The smallest absolute Gasteiger partial charge is 0.228 e. The Morgan fingerprint density at radius 3 is 2.94 bits per heavy atom. The fourth-order valence-electron chi connectivity index (χ4n) is 1.99. The van der Waals surface area contributed by atoms with Crippen LogP contribution in [0.3, 0.4) is 0 Å². The maximum atomic E-state index is 11.2. The topological polar surface area (TPSA) is 61.4 Å². The first-order valence-corrected chi connectivity index (χ1v) is 6.23. The van der Waals surface area contributed by atoms with Crippen molar-refractivity contribution in [3.63, 3.8) is 0 Å². The zero-order chi connectivity index (χ0) is 13.2. The van der Waals surface area contributed by atoms with Gasteiger partial charge in [0.15, 0.2) is 0 Å². The molecule has 0 unspecified atom stereocenters. The Morgan fingerprint density at radius 2 is 2.22 bits per heavy atom. The Hall–Kier alpha value is -1.39.